The Bertz CT molecular complexity index is 523. The lowest BCUT2D eigenvalue weighted by Gasteiger charge is -2.07. The van der Waals surface area contributed by atoms with E-state index < -0.39 is 0 Å². The summed E-state index contributed by atoms with van der Waals surface area (Å²) in [6, 6.07) is 1.73. The predicted molar refractivity (Wildman–Crippen MR) is 71.9 cm³/mol. The Balaban J connectivity index is 1.91. The Hall–Kier alpha value is -1.62. The second kappa shape index (κ2) is 5.82. The summed E-state index contributed by atoms with van der Waals surface area (Å²) in [7, 11) is 0. The van der Waals surface area contributed by atoms with Crippen LogP contribution >= 0.6 is 11.6 Å². The molecule has 6 heteroatoms. The van der Waals surface area contributed by atoms with E-state index >= 15 is 0 Å². The highest BCUT2D eigenvalue weighted by Gasteiger charge is 2.01. The standard InChI is InChI=1S/C12H16ClN5/c1-3-11-16-10(13)6-12(17-11)14-4-5-18-8-9(2)7-15-18/h6-8H,3-5H2,1-2H3,(H,14,16,17). The maximum atomic E-state index is 5.92. The van der Waals surface area contributed by atoms with E-state index in [0.717, 1.165) is 36.7 Å². The zero-order valence-corrected chi connectivity index (χ0v) is 11.3. The Morgan fingerprint density at radius 2 is 2.22 bits per heavy atom. The van der Waals surface area contributed by atoms with Crippen molar-refractivity contribution in [3.05, 3.63) is 35.0 Å². The molecule has 2 heterocycles. The summed E-state index contributed by atoms with van der Waals surface area (Å²) in [6.45, 7) is 5.56. The Morgan fingerprint density at radius 1 is 1.39 bits per heavy atom. The van der Waals surface area contributed by atoms with Crippen LogP contribution in [0.15, 0.2) is 18.5 Å². The molecule has 0 unspecified atom stereocenters. The van der Waals surface area contributed by atoms with Crippen molar-refractivity contribution < 1.29 is 0 Å². The van der Waals surface area contributed by atoms with Gasteiger partial charge in [-0.3, -0.25) is 4.68 Å². The van der Waals surface area contributed by atoms with Crippen LogP contribution in [0.3, 0.4) is 0 Å². The minimum Gasteiger partial charge on any atom is -0.368 e. The van der Waals surface area contributed by atoms with Gasteiger partial charge in [0.1, 0.15) is 16.8 Å². The number of halogens is 1. The third-order valence-corrected chi connectivity index (χ3v) is 2.66. The van der Waals surface area contributed by atoms with Gasteiger partial charge in [-0.2, -0.15) is 5.10 Å². The number of hydrogen-bond donors (Lipinski definition) is 1. The number of aryl methyl sites for hydroxylation is 2. The van der Waals surface area contributed by atoms with Crippen LogP contribution in [0.1, 0.15) is 18.3 Å². The highest BCUT2D eigenvalue weighted by molar-refractivity contribution is 6.29. The van der Waals surface area contributed by atoms with Gasteiger partial charge in [-0.05, 0) is 12.5 Å². The molecule has 0 saturated carbocycles. The van der Waals surface area contributed by atoms with Gasteiger partial charge in [0.25, 0.3) is 0 Å². The van der Waals surface area contributed by atoms with Crippen molar-refractivity contribution in [2.24, 2.45) is 0 Å². The first-order valence-corrected chi connectivity index (χ1v) is 6.31. The maximum Gasteiger partial charge on any atom is 0.134 e. The summed E-state index contributed by atoms with van der Waals surface area (Å²) in [5, 5.41) is 7.91. The zero-order chi connectivity index (χ0) is 13.0. The van der Waals surface area contributed by atoms with E-state index in [1.807, 2.05) is 30.9 Å². The summed E-state index contributed by atoms with van der Waals surface area (Å²) in [5.41, 5.74) is 1.16. The molecule has 0 aliphatic heterocycles. The lowest BCUT2D eigenvalue weighted by Crippen LogP contribution is -2.12. The monoisotopic (exact) mass is 265 g/mol. The molecule has 0 aliphatic rings. The number of rotatable bonds is 5. The van der Waals surface area contributed by atoms with Gasteiger partial charge in [0.15, 0.2) is 0 Å². The van der Waals surface area contributed by atoms with Crippen molar-refractivity contribution in [2.45, 2.75) is 26.8 Å². The fraction of sp³-hybridized carbons (Fsp3) is 0.417. The van der Waals surface area contributed by atoms with Gasteiger partial charge in [-0.15, -0.1) is 0 Å². The maximum absolute atomic E-state index is 5.92. The average molecular weight is 266 g/mol. The van der Waals surface area contributed by atoms with E-state index in [4.69, 9.17) is 11.6 Å². The lowest BCUT2D eigenvalue weighted by atomic mass is 10.4. The van der Waals surface area contributed by atoms with Gasteiger partial charge in [-0.25, -0.2) is 9.97 Å². The smallest absolute Gasteiger partial charge is 0.134 e. The number of nitrogens with zero attached hydrogens (tertiary/aromatic N) is 4. The second-order valence-electron chi connectivity index (χ2n) is 4.05. The zero-order valence-electron chi connectivity index (χ0n) is 10.5. The molecule has 0 aliphatic carbocycles. The number of hydrogen-bond acceptors (Lipinski definition) is 4. The van der Waals surface area contributed by atoms with Crippen LogP contribution in [0.25, 0.3) is 0 Å². The van der Waals surface area contributed by atoms with Gasteiger partial charge in [-0.1, -0.05) is 18.5 Å². The topological polar surface area (TPSA) is 55.6 Å². The van der Waals surface area contributed by atoms with E-state index in [0.29, 0.717) is 5.15 Å². The van der Waals surface area contributed by atoms with Crippen LogP contribution in [0.4, 0.5) is 5.82 Å². The van der Waals surface area contributed by atoms with Gasteiger partial charge in [0.2, 0.25) is 0 Å². The van der Waals surface area contributed by atoms with Crippen LogP contribution in [0, 0.1) is 6.92 Å². The molecule has 2 aromatic rings. The van der Waals surface area contributed by atoms with Gasteiger partial charge >= 0.3 is 0 Å². The SMILES string of the molecule is CCc1nc(Cl)cc(NCCn2cc(C)cn2)n1. The molecule has 2 rings (SSSR count). The van der Waals surface area contributed by atoms with Crippen molar-refractivity contribution in [1.82, 2.24) is 19.7 Å². The third-order valence-electron chi connectivity index (χ3n) is 2.47. The molecule has 0 aromatic carbocycles. The molecule has 0 fully saturated rings. The van der Waals surface area contributed by atoms with E-state index in [1.54, 1.807) is 6.07 Å². The van der Waals surface area contributed by atoms with E-state index in [-0.39, 0.29) is 0 Å². The molecule has 5 nitrogen and oxygen atoms in total. The average Bonchev–Trinajstić information content (AvgIpc) is 2.74. The molecule has 1 N–H and O–H groups in total. The Morgan fingerprint density at radius 3 is 2.89 bits per heavy atom. The van der Waals surface area contributed by atoms with Crippen molar-refractivity contribution >= 4 is 17.4 Å². The quantitative estimate of drug-likeness (QED) is 0.843. The number of nitrogens with one attached hydrogen (secondary N) is 1. The first-order valence-electron chi connectivity index (χ1n) is 5.93. The fourth-order valence-electron chi connectivity index (χ4n) is 1.60. The molecule has 0 radical (unpaired) electrons. The minimum atomic E-state index is 0.472. The van der Waals surface area contributed by atoms with Crippen LogP contribution in [-0.2, 0) is 13.0 Å². The van der Waals surface area contributed by atoms with Gasteiger partial charge in [0.05, 0.1) is 12.7 Å². The highest BCUT2D eigenvalue weighted by atomic mass is 35.5. The molecule has 0 atom stereocenters. The van der Waals surface area contributed by atoms with Crippen LogP contribution in [-0.4, -0.2) is 26.3 Å². The van der Waals surface area contributed by atoms with Crippen molar-refractivity contribution in [2.75, 3.05) is 11.9 Å². The number of aromatic nitrogens is 4. The second-order valence-corrected chi connectivity index (χ2v) is 4.44. The van der Waals surface area contributed by atoms with Gasteiger partial charge < -0.3 is 5.32 Å². The van der Waals surface area contributed by atoms with Crippen LogP contribution < -0.4 is 5.32 Å². The summed E-state index contributed by atoms with van der Waals surface area (Å²) < 4.78 is 1.89. The van der Waals surface area contributed by atoms with Crippen LogP contribution in [0.5, 0.6) is 0 Å². The van der Waals surface area contributed by atoms with Crippen LogP contribution in [0.2, 0.25) is 5.15 Å². The molecule has 96 valence electrons. The Labute approximate surface area is 111 Å². The molecule has 0 bridgehead atoms. The molecular weight excluding hydrogens is 250 g/mol. The third kappa shape index (κ3) is 3.43. The van der Waals surface area contributed by atoms with E-state index in [1.165, 1.54) is 0 Å². The molecular formula is C12H16ClN5. The van der Waals surface area contributed by atoms with E-state index in [2.05, 4.69) is 20.4 Å². The summed E-state index contributed by atoms with van der Waals surface area (Å²) in [5.74, 6) is 1.51. The lowest BCUT2D eigenvalue weighted by molar-refractivity contribution is 0.636. The molecule has 0 spiro atoms. The van der Waals surface area contributed by atoms with Crippen molar-refractivity contribution in [1.29, 1.82) is 0 Å². The molecule has 18 heavy (non-hydrogen) atoms. The Kier molecular flexibility index (Phi) is 4.15. The molecule has 2 aromatic heterocycles. The summed E-state index contributed by atoms with van der Waals surface area (Å²) in [4.78, 5) is 8.47. The highest BCUT2D eigenvalue weighted by Crippen LogP contribution is 2.11. The van der Waals surface area contributed by atoms with Gasteiger partial charge in [0, 0.05) is 25.2 Å². The first-order chi connectivity index (χ1) is 8.67. The normalized spacial score (nSPS) is 10.6. The summed E-state index contributed by atoms with van der Waals surface area (Å²) >= 11 is 5.92. The minimum absolute atomic E-state index is 0.472. The predicted octanol–water partition coefficient (Wildman–Crippen LogP) is 2.31. The largest absolute Gasteiger partial charge is 0.368 e. The molecule has 0 amide bonds. The number of anilines is 1. The molecule has 0 saturated heterocycles. The van der Waals surface area contributed by atoms with Crippen molar-refractivity contribution in [3.8, 4) is 0 Å². The first kappa shape index (κ1) is 12.8. The summed E-state index contributed by atoms with van der Waals surface area (Å²) in [6.07, 6.45) is 4.62. The van der Waals surface area contributed by atoms with Crippen molar-refractivity contribution in [3.63, 3.8) is 0 Å². The fourth-order valence-corrected chi connectivity index (χ4v) is 1.80. The van der Waals surface area contributed by atoms with E-state index in [9.17, 15) is 0 Å².